The molecule has 1 amide bonds. The highest BCUT2D eigenvalue weighted by molar-refractivity contribution is 5.88. The van der Waals surface area contributed by atoms with E-state index in [1.807, 2.05) is 0 Å². The Bertz CT molecular complexity index is 1150. The summed E-state index contributed by atoms with van der Waals surface area (Å²) in [6, 6.07) is -0.650. The molecule has 1 heterocycles. The van der Waals surface area contributed by atoms with Gasteiger partial charge in [0.1, 0.15) is 17.6 Å². The molecule has 0 aromatic heterocycles. The number of carbonyl (C=O) groups excluding carboxylic acids is 3. The van der Waals surface area contributed by atoms with Crippen LogP contribution in [-0.2, 0) is 23.9 Å². The van der Waals surface area contributed by atoms with E-state index in [1.54, 1.807) is 6.92 Å². The van der Waals surface area contributed by atoms with E-state index < -0.39 is 17.4 Å². The molecule has 6 rings (SSSR count). The van der Waals surface area contributed by atoms with Gasteiger partial charge in [0.05, 0.1) is 12.5 Å². The summed E-state index contributed by atoms with van der Waals surface area (Å²) < 4.78 is 10.6. The third-order valence-electron chi connectivity index (χ3n) is 14.7. The molecule has 1 N–H and O–H groups in total. The number of fused-ring (bicyclic) bond motifs is 9. The smallest absolute Gasteiger partial charge is 0.328 e. The van der Waals surface area contributed by atoms with E-state index in [9.17, 15) is 14.4 Å². The highest BCUT2D eigenvalue weighted by Crippen LogP contribution is 2.78. The molecule has 0 aromatic carbocycles. The van der Waals surface area contributed by atoms with Crippen LogP contribution in [-0.4, -0.2) is 37.1 Å². The Labute approximate surface area is 240 Å². The van der Waals surface area contributed by atoms with Crippen molar-refractivity contribution in [2.24, 2.45) is 56.7 Å². The Balaban J connectivity index is 1.36. The number of methoxy groups -OCH3 is 1. The second-order valence-corrected chi connectivity index (χ2v) is 15.8. The molecule has 6 fully saturated rings. The number of nitrogens with one attached hydrogen (secondary N) is 1. The van der Waals surface area contributed by atoms with Crippen LogP contribution in [0.1, 0.15) is 106 Å². The topological polar surface area (TPSA) is 81.7 Å². The fourth-order valence-electron chi connectivity index (χ4n) is 12.4. The van der Waals surface area contributed by atoms with Crippen molar-refractivity contribution in [1.29, 1.82) is 0 Å². The maximum Gasteiger partial charge on any atom is 0.328 e. The summed E-state index contributed by atoms with van der Waals surface area (Å²) in [7, 11) is 1.37. The quantitative estimate of drug-likeness (QED) is 0.330. The Hall–Kier alpha value is -1.85. The van der Waals surface area contributed by atoms with Gasteiger partial charge in [0, 0.05) is 0 Å². The number of hydrogen-bond acceptors (Lipinski definition) is 5. The molecule has 0 bridgehead atoms. The molecule has 40 heavy (non-hydrogen) atoms. The molecule has 1 saturated heterocycles. The average Bonchev–Trinajstić information content (AvgIpc) is 3.31. The fraction of sp³-hybridized carbons (Fsp3) is 0.853. The summed E-state index contributed by atoms with van der Waals surface area (Å²) >= 11 is 0. The second kappa shape index (κ2) is 8.83. The molecule has 1 aliphatic heterocycles. The Kier molecular flexibility index (Phi) is 6.24. The van der Waals surface area contributed by atoms with E-state index in [2.05, 4.69) is 46.5 Å². The molecular formula is C34H51NO5. The third-order valence-corrected chi connectivity index (χ3v) is 14.7. The van der Waals surface area contributed by atoms with E-state index >= 15 is 0 Å². The first kappa shape index (κ1) is 28.3. The van der Waals surface area contributed by atoms with Gasteiger partial charge < -0.3 is 14.8 Å². The number of carbonyl (C=O) groups is 3. The van der Waals surface area contributed by atoms with E-state index in [1.165, 1.54) is 12.7 Å². The number of hydrogen-bond donors (Lipinski definition) is 1. The Morgan fingerprint density at radius 1 is 0.950 bits per heavy atom. The lowest BCUT2D eigenvalue weighted by atomic mass is 9.32. The van der Waals surface area contributed by atoms with Gasteiger partial charge in [-0.3, -0.25) is 9.59 Å². The fourth-order valence-corrected chi connectivity index (χ4v) is 12.4. The molecule has 222 valence electrons. The predicted octanol–water partition coefficient (Wildman–Crippen LogP) is 6.23. The minimum atomic E-state index is -0.650. The molecule has 0 unspecified atom stereocenters. The molecule has 0 spiro atoms. The van der Waals surface area contributed by atoms with E-state index in [4.69, 9.17) is 9.47 Å². The standard InChI is InChI=1S/C34H51NO5/c1-19(2)21-11-16-34(28(37)35-20(3)27(36)39-8)18-17-31(5)22(26(21)34)9-10-23-30(4)14-13-25-33(7,29(38)40-25)24(30)12-15-32(23,31)6/h20-26H,1,9-18H2,2-8H3,(H,35,37)/t20-,21-,22+,23+,24+,25+,26+,30+,31+,32+,33-,34-/m0/s1. The summed E-state index contributed by atoms with van der Waals surface area (Å²) in [5, 5.41) is 3.08. The Morgan fingerprint density at radius 3 is 2.33 bits per heavy atom. The van der Waals surface area contributed by atoms with Crippen LogP contribution in [0.5, 0.6) is 0 Å². The van der Waals surface area contributed by atoms with Gasteiger partial charge in [-0.25, -0.2) is 4.79 Å². The second-order valence-electron chi connectivity index (χ2n) is 15.8. The van der Waals surface area contributed by atoms with Gasteiger partial charge in [0.2, 0.25) is 5.91 Å². The van der Waals surface area contributed by atoms with E-state index in [-0.39, 0.29) is 45.6 Å². The zero-order chi connectivity index (χ0) is 29.0. The van der Waals surface area contributed by atoms with Crippen molar-refractivity contribution in [3.8, 4) is 0 Å². The maximum absolute atomic E-state index is 14.1. The van der Waals surface area contributed by atoms with Crippen molar-refractivity contribution in [2.45, 2.75) is 118 Å². The van der Waals surface area contributed by atoms with Crippen molar-refractivity contribution < 1.29 is 23.9 Å². The summed E-state index contributed by atoms with van der Waals surface area (Å²) in [5.41, 5.74) is 0.824. The highest BCUT2D eigenvalue weighted by Gasteiger charge is 2.75. The summed E-state index contributed by atoms with van der Waals surface area (Å²) in [5.74, 6) is 1.64. The van der Waals surface area contributed by atoms with Gasteiger partial charge in [-0.1, -0.05) is 32.9 Å². The zero-order valence-electron chi connectivity index (χ0n) is 25.9. The van der Waals surface area contributed by atoms with Crippen LogP contribution in [0.3, 0.4) is 0 Å². The van der Waals surface area contributed by atoms with Crippen molar-refractivity contribution in [2.75, 3.05) is 7.11 Å². The lowest BCUT2D eigenvalue weighted by Crippen LogP contribution is -2.71. The van der Waals surface area contributed by atoms with Crippen molar-refractivity contribution in [3.63, 3.8) is 0 Å². The Morgan fingerprint density at radius 2 is 1.68 bits per heavy atom. The normalized spacial score (nSPS) is 51.3. The van der Waals surface area contributed by atoms with Crippen molar-refractivity contribution in [3.05, 3.63) is 12.2 Å². The average molecular weight is 554 g/mol. The number of rotatable bonds is 4. The minimum Gasteiger partial charge on any atom is -0.467 e. The van der Waals surface area contributed by atoms with Crippen molar-refractivity contribution >= 4 is 17.8 Å². The van der Waals surface area contributed by atoms with Crippen LogP contribution in [0.2, 0.25) is 0 Å². The highest BCUT2D eigenvalue weighted by atomic mass is 16.6. The SMILES string of the molecule is C=C(C)[C@@H]1CC[C@]2(C(=O)N[C@@H](C)C(=O)OC)CC[C@]3(C)[C@H](CC[C@@H]4[C@@]5(C)CC[C@H]6OC(=O)[C@@]6(C)[C@@H]5CC[C@]43C)[C@@H]12. The molecule has 12 atom stereocenters. The molecule has 6 nitrogen and oxygen atoms in total. The molecule has 0 aromatic rings. The van der Waals surface area contributed by atoms with Gasteiger partial charge in [-0.2, -0.15) is 0 Å². The van der Waals surface area contributed by atoms with E-state index in [0.717, 1.165) is 64.2 Å². The van der Waals surface area contributed by atoms with Gasteiger partial charge >= 0.3 is 11.9 Å². The third kappa shape index (κ3) is 3.25. The lowest BCUT2D eigenvalue weighted by molar-refractivity contribution is -0.279. The first-order valence-corrected chi connectivity index (χ1v) is 16.0. The summed E-state index contributed by atoms with van der Waals surface area (Å²) in [4.78, 5) is 39.2. The van der Waals surface area contributed by atoms with Crippen LogP contribution in [0.4, 0.5) is 0 Å². The van der Waals surface area contributed by atoms with Gasteiger partial charge in [-0.15, -0.1) is 0 Å². The zero-order valence-corrected chi connectivity index (χ0v) is 25.9. The monoisotopic (exact) mass is 553 g/mol. The minimum absolute atomic E-state index is 0.0295. The first-order chi connectivity index (χ1) is 18.7. The molecule has 5 saturated carbocycles. The van der Waals surface area contributed by atoms with Crippen LogP contribution < -0.4 is 5.32 Å². The van der Waals surface area contributed by atoms with Gasteiger partial charge in [0.15, 0.2) is 0 Å². The van der Waals surface area contributed by atoms with Gasteiger partial charge in [0.25, 0.3) is 0 Å². The van der Waals surface area contributed by atoms with E-state index in [0.29, 0.717) is 23.7 Å². The largest absolute Gasteiger partial charge is 0.467 e. The maximum atomic E-state index is 14.1. The van der Waals surface area contributed by atoms with Crippen LogP contribution in [0, 0.1) is 56.7 Å². The molecule has 6 heteroatoms. The molecule has 6 aliphatic rings. The van der Waals surface area contributed by atoms with Crippen LogP contribution >= 0.6 is 0 Å². The molecule has 0 radical (unpaired) electrons. The van der Waals surface area contributed by atoms with Crippen LogP contribution in [0.15, 0.2) is 12.2 Å². The van der Waals surface area contributed by atoms with Crippen LogP contribution in [0.25, 0.3) is 0 Å². The number of esters is 2. The molecular weight excluding hydrogens is 502 g/mol. The number of allylic oxidation sites excluding steroid dienone is 1. The summed E-state index contributed by atoms with van der Waals surface area (Å²) in [6.45, 7) is 18.2. The molecule has 5 aliphatic carbocycles. The van der Waals surface area contributed by atoms with Crippen molar-refractivity contribution in [1.82, 2.24) is 5.32 Å². The van der Waals surface area contributed by atoms with Gasteiger partial charge in [-0.05, 0) is 131 Å². The lowest BCUT2D eigenvalue weighted by Gasteiger charge is -2.73. The summed E-state index contributed by atoms with van der Waals surface area (Å²) in [6.07, 6.45) is 10.5. The first-order valence-electron chi connectivity index (χ1n) is 16.0. The number of amides is 1. The predicted molar refractivity (Wildman–Crippen MR) is 153 cm³/mol. The number of ether oxygens (including phenoxy) is 2.